The Balaban J connectivity index is 1.72. The van der Waals surface area contributed by atoms with E-state index in [1.54, 1.807) is 0 Å². The third kappa shape index (κ3) is 4.04. The van der Waals surface area contributed by atoms with E-state index in [1.807, 2.05) is 17.9 Å². The minimum atomic E-state index is -3.34. The first-order valence-corrected chi connectivity index (χ1v) is 10.6. The number of pyridine rings is 1. The van der Waals surface area contributed by atoms with Crippen LogP contribution in [0.15, 0.2) is 23.4 Å². The second-order valence-electron chi connectivity index (χ2n) is 6.74. The Labute approximate surface area is 153 Å². The SMILES string of the molecule is Cc1c(CN2CCC(c3ncc(Cl)cc3S(C)(=O)=O)CC2)cnn1C. The highest BCUT2D eigenvalue weighted by molar-refractivity contribution is 7.90. The highest BCUT2D eigenvalue weighted by Gasteiger charge is 2.27. The van der Waals surface area contributed by atoms with Crippen molar-refractivity contribution in [2.24, 2.45) is 7.05 Å². The third-order valence-electron chi connectivity index (χ3n) is 4.95. The molecule has 1 aliphatic rings. The molecule has 1 fully saturated rings. The van der Waals surface area contributed by atoms with Gasteiger partial charge in [0.25, 0.3) is 0 Å². The molecule has 6 nitrogen and oxygen atoms in total. The Morgan fingerprint density at radius 1 is 1.28 bits per heavy atom. The summed E-state index contributed by atoms with van der Waals surface area (Å²) >= 11 is 5.95. The average molecular weight is 383 g/mol. The summed E-state index contributed by atoms with van der Waals surface area (Å²) in [4.78, 5) is 7.00. The van der Waals surface area contributed by atoms with Crippen LogP contribution in [0.5, 0.6) is 0 Å². The van der Waals surface area contributed by atoms with Crippen molar-refractivity contribution in [3.8, 4) is 0 Å². The van der Waals surface area contributed by atoms with Crippen molar-refractivity contribution in [2.45, 2.75) is 37.1 Å². The lowest BCUT2D eigenvalue weighted by atomic mass is 9.92. The summed E-state index contributed by atoms with van der Waals surface area (Å²) in [5.74, 6) is 0.147. The van der Waals surface area contributed by atoms with Crippen molar-refractivity contribution in [3.63, 3.8) is 0 Å². The van der Waals surface area contributed by atoms with Gasteiger partial charge in [-0.15, -0.1) is 0 Å². The minimum absolute atomic E-state index is 0.147. The minimum Gasteiger partial charge on any atom is -0.299 e. The molecule has 1 saturated heterocycles. The zero-order chi connectivity index (χ0) is 18.2. The summed E-state index contributed by atoms with van der Waals surface area (Å²) in [6.07, 6.45) is 6.44. The van der Waals surface area contributed by atoms with Crippen LogP contribution in [-0.4, -0.2) is 47.4 Å². The summed E-state index contributed by atoms with van der Waals surface area (Å²) in [6, 6.07) is 1.52. The van der Waals surface area contributed by atoms with Gasteiger partial charge in [0.05, 0.1) is 21.8 Å². The van der Waals surface area contributed by atoms with E-state index in [2.05, 4.69) is 21.9 Å². The van der Waals surface area contributed by atoms with Crippen LogP contribution >= 0.6 is 11.6 Å². The second kappa shape index (κ2) is 7.05. The van der Waals surface area contributed by atoms with E-state index in [4.69, 9.17) is 11.6 Å². The molecule has 0 aliphatic carbocycles. The number of aromatic nitrogens is 3. The highest BCUT2D eigenvalue weighted by Crippen LogP contribution is 2.32. The van der Waals surface area contributed by atoms with Crippen LogP contribution in [0.25, 0.3) is 0 Å². The predicted molar refractivity (Wildman–Crippen MR) is 97.6 cm³/mol. The molecule has 0 bridgehead atoms. The molecule has 136 valence electrons. The van der Waals surface area contributed by atoms with Crippen LogP contribution in [0.3, 0.4) is 0 Å². The number of hydrogen-bond donors (Lipinski definition) is 0. The number of nitrogens with zero attached hydrogens (tertiary/aromatic N) is 4. The van der Waals surface area contributed by atoms with E-state index in [0.29, 0.717) is 10.7 Å². The van der Waals surface area contributed by atoms with E-state index in [1.165, 1.54) is 29.8 Å². The van der Waals surface area contributed by atoms with Crippen molar-refractivity contribution >= 4 is 21.4 Å². The van der Waals surface area contributed by atoms with Crippen LogP contribution < -0.4 is 0 Å². The average Bonchev–Trinajstić information content (AvgIpc) is 2.87. The monoisotopic (exact) mass is 382 g/mol. The van der Waals surface area contributed by atoms with Crippen molar-refractivity contribution in [3.05, 3.63) is 40.4 Å². The largest absolute Gasteiger partial charge is 0.299 e. The zero-order valence-electron chi connectivity index (χ0n) is 14.7. The molecule has 0 radical (unpaired) electrons. The van der Waals surface area contributed by atoms with Crippen LogP contribution in [0.4, 0.5) is 0 Å². The number of aryl methyl sites for hydroxylation is 1. The molecule has 0 atom stereocenters. The van der Waals surface area contributed by atoms with Gasteiger partial charge in [0.2, 0.25) is 0 Å². The van der Waals surface area contributed by atoms with E-state index in [-0.39, 0.29) is 10.8 Å². The van der Waals surface area contributed by atoms with Gasteiger partial charge < -0.3 is 0 Å². The molecule has 2 aromatic rings. The smallest absolute Gasteiger partial charge is 0.177 e. The lowest BCUT2D eigenvalue weighted by Gasteiger charge is -2.32. The molecule has 8 heteroatoms. The molecule has 1 aliphatic heterocycles. The van der Waals surface area contributed by atoms with E-state index in [9.17, 15) is 8.42 Å². The Morgan fingerprint density at radius 3 is 2.52 bits per heavy atom. The molecule has 25 heavy (non-hydrogen) atoms. The normalized spacial score (nSPS) is 17.1. The maximum atomic E-state index is 12.1. The first-order chi connectivity index (χ1) is 11.8. The quantitative estimate of drug-likeness (QED) is 0.812. The van der Waals surface area contributed by atoms with Gasteiger partial charge in [-0.05, 0) is 38.9 Å². The topological polar surface area (TPSA) is 68.1 Å². The Hall–Kier alpha value is -1.44. The maximum absolute atomic E-state index is 12.1. The van der Waals surface area contributed by atoms with Crippen LogP contribution in [0.2, 0.25) is 5.02 Å². The molecule has 3 rings (SSSR count). The fraction of sp³-hybridized carbons (Fsp3) is 0.529. The number of rotatable bonds is 4. The highest BCUT2D eigenvalue weighted by atomic mass is 35.5. The van der Waals surface area contributed by atoms with Crippen LogP contribution in [-0.2, 0) is 23.4 Å². The van der Waals surface area contributed by atoms with Crippen molar-refractivity contribution in [1.29, 1.82) is 0 Å². The van der Waals surface area contributed by atoms with Crippen molar-refractivity contribution in [1.82, 2.24) is 19.7 Å². The lowest BCUT2D eigenvalue weighted by Crippen LogP contribution is -2.33. The first kappa shape index (κ1) is 18.4. The van der Waals surface area contributed by atoms with E-state index < -0.39 is 9.84 Å². The standard InChI is InChI=1S/C17H23ClN4O2S/c1-12-14(9-20-21(12)2)11-22-6-4-13(5-7-22)17-16(25(3,23)24)8-15(18)10-19-17/h8-10,13H,4-7,11H2,1-3H3. The molecule has 0 N–H and O–H groups in total. The summed E-state index contributed by atoms with van der Waals surface area (Å²) < 4.78 is 26.0. The van der Waals surface area contributed by atoms with Gasteiger partial charge in [-0.1, -0.05) is 11.6 Å². The summed E-state index contributed by atoms with van der Waals surface area (Å²) in [5.41, 5.74) is 3.08. The molecule has 2 aromatic heterocycles. The fourth-order valence-electron chi connectivity index (χ4n) is 3.34. The molecule has 0 spiro atoms. The molecule has 0 saturated carbocycles. The first-order valence-electron chi connectivity index (χ1n) is 8.31. The molecular weight excluding hydrogens is 360 g/mol. The Bertz CT molecular complexity index is 871. The third-order valence-corrected chi connectivity index (χ3v) is 6.29. The molecule has 3 heterocycles. The van der Waals surface area contributed by atoms with Gasteiger partial charge in [0, 0.05) is 43.2 Å². The Morgan fingerprint density at radius 2 is 1.96 bits per heavy atom. The van der Waals surface area contributed by atoms with Crippen molar-refractivity contribution < 1.29 is 8.42 Å². The van der Waals surface area contributed by atoms with Gasteiger partial charge in [-0.2, -0.15) is 5.10 Å². The number of piperidine rings is 1. The summed E-state index contributed by atoms with van der Waals surface area (Å²) in [7, 11) is -1.39. The van der Waals surface area contributed by atoms with Gasteiger partial charge in [-0.3, -0.25) is 14.6 Å². The lowest BCUT2D eigenvalue weighted by molar-refractivity contribution is 0.202. The number of hydrogen-bond acceptors (Lipinski definition) is 5. The van der Waals surface area contributed by atoms with Gasteiger partial charge in [-0.25, -0.2) is 8.42 Å². The van der Waals surface area contributed by atoms with E-state index >= 15 is 0 Å². The maximum Gasteiger partial charge on any atom is 0.177 e. The molecule has 0 unspecified atom stereocenters. The van der Waals surface area contributed by atoms with Crippen LogP contribution in [0, 0.1) is 6.92 Å². The predicted octanol–water partition coefficient (Wildman–Crippen LogP) is 2.56. The van der Waals surface area contributed by atoms with Gasteiger partial charge in [0.1, 0.15) is 0 Å². The summed E-state index contributed by atoms with van der Waals surface area (Å²) in [6.45, 7) is 4.77. The Kier molecular flexibility index (Phi) is 5.18. The van der Waals surface area contributed by atoms with Crippen molar-refractivity contribution in [2.75, 3.05) is 19.3 Å². The second-order valence-corrected chi connectivity index (χ2v) is 9.16. The number of halogens is 1. The molecule has 0 amide bonds. The van der Waals surface area contributed by atoms with Gasteiger partial charge >= 0.3 is 0 Å². The fourth-order valence-corrected chi connectivity index (χ4v) is 4.50. The zero-order valence-corrected chi connectivity index (χ0v) is 16.3. The summed E-state index contributed by atoms with van der Waals surface area (Å²) in [5, 5.41) is 4.65. The molecule has 0 aromatic carbocycles. The van der Waals surface area contributed by atoms with E-state index in [0.717, 1.165) is 32.5 Å². The molecular formula is C17H23ClN4O2S. The number of likely N-dealkylation sites (tertiary alicyclic amines) is 1. The van der Waals surface area contributed by atoms with Gasteiger partial charge in [0.15, 0.2) is 9.84 Å². The van der Waals surface area contributed by atoms with Crippen LogP contribution in [0.1, 0.15) is 35.7 Å². The number of sulfone groups is 1.